The summed E-state index contributed by atoms with van der Waals surface area (Å²) in [7, 11) is 0. The van der Waals surface area contributed by atoms with Crippen LogP contribution in [0.25, 0.3) is 6.08 Å². The first kappa shape index (κ1) is 20.0. The molecule has 1 aliphatic rings. The van der Waals surface area contributed by atoms with Gasteiger partial charge in [-0.15, -0.1) is 0 Å². The Morgan fingerprint density at radius 2 is 1.86 bits per heavy atom. The number of nitrogens with zero attached hydrogens (tertiary/aromatic N) is 1. The zero-order valence-corrected chi connectivity index (χ0v) is 17.0. The molecule has 1 amide bonds. The molecule has 1 heterocycles. The van der Waals surface area contributed by atoms with Crippen molar-refractivity contribution in [3.05, 3.63) is 60.2 Å². The molecule has 0 saturated carbocycles. The van der Waals surface area contributed by atoms with E-state index in [4.69, 9.17) is 4.74 Å². The summed E-state index contributed by atoms with van der Waals surface area (Å²) in [6.07, 6.45) is 5.96. The smallest absolute Gasteiger partial charge is 0.248 e. The minimum absolute atomic E-state index is 0.124. The second-order valence-electron chi connectivity index (χ2n) is 7.78. The highest BCUT2D eigenvalue weighted by molar-refractivity contribution is 6.02. The number of piperidine rings is 1. The molecule has 2 aromatic carbocycles. The minimum atomic E-state index is -0.144. The highest BCUT2D eigenvalue weighted by Gasteiger charge is 2.15. The van der Waals surface area contributed by atoms with Crippen molar-refractivity contribution in [2.75, 3.05) is 23.3 Å². The Morgan fingerprint density at radius 1 is 1.14 bits per heavy atom. The number of carbonyl (C=O) groups is 1. The molecule has 1 aliphatic heterocycles. The molecule has 0 atom stereocenters. The van der Waals surface area contributed by atoms with E-state index in [2.05, 4.69) is 29.3 Å². The first-order valence-corrected chi connectivity index (χ1v) is 10.1. The van der Waals surface area contributed by atoms with Gasteiger partial charge in [-0.1, -0.05) is 19.1 Å². The van der Waals surface area contributed by atoms with Gasteiger partial charge in [0.15, 0.2) is 0 Å². The highest BCUT2D eigenvalue weighted by atomic mass is 16.5. The van der Waals surface area contributed by atoms with Crippen molar-refractivity contribution in [3.8, 4) is 5.75 Å². The average molecular weight is 379 g/mol. The lowest BCUT2D eigenvalue weighted by molar-refractivity contribution is -0.111. The van der Waals surface area contributed by atoms with Gasteiger partial charge in [0.1, 0.15) is 5.75 Å². The Labute approximate surface area is 168 Å². The maximum Gasteiger partial charge on any atom is 0.248 e. The van der Waals surface area contributed by atoms with Gasteiger partial charge >= 0.3 is 0 Å². The maximum atomic E-state index is 12.2. The molecule has 0 radical (unpaired) electrons. The largest absolute Gasteiger partial charge is 0.491 e. The third-order valence-corrected chi connectivity index (χ3v) is 4.94. The van der Waals surface area contributed by atoms with E-state index in [0.29, 0.717) is 0 Å². The van der Waals surface area contributed by atoms with Crippen LogP contribution in [-0.2, 0) is 4.79 Å². The van der Waals surface area contributed by atoms with Crippen LogP contribution >= 0.6 is 0 Å². The number of rotatable bonds is 6. The Bertz CT molecular complexity index is 804. The highest BCUT2D eigenvalue weighted by Crippen LogP contribution is 2.24. The molecule has 0 unspecified atom stereocenters. The Morgan fingerprint density at radius 3 is 2.54 bits per heavy atom. The summed E-state index contributed by atoms with van der Waals surface area (Å²) in [5.41, 5.74) is 2.96. The normalized spacial score (nSPS) is 15.2. The third kappa shape index (κ3) is 5.88. The van der Waals surface area contributed by atoms with Crippen LogP contribution in [0.4, 0.5) is 11.4 Å². The molecule has 4 nitrogen and oxygen atoms in total. The van der Waals surface area contributed by atoms with Crippen LogP contribution in [0.2, 0.25) is 0 Å². The van der Waals surface area contributed by atoms with Gasteiger partial charge in [0.25, 0.3) is 0 Å². The van der Waals surface area contributed by atoms with Crippen molar-refractivity contribution in [1.29, 1.82) is 0 Å². The summed E-state index contributed by atoms with van der Waals surface area (Å²) >= 11 is 0. The zero-order chi connectivity index (χ0) is 19.9. The number of ether oxygens (including phenoxy) is 1. The number of benzene rings is 2. The Hall–Kier alpha value is -2.75. The molecule has 0 bridgehead atoms. The molecule has 0 aromatic heterocycles. The molecule has 1 saturated heterocycles. The van der Waals surface area contributed by atoms with Gasteiger partial charge in [-0.3, -0.25) is 4.79 Å². The summed E-state index contributed by atoms with van der Waals surface area (Å²) in [6, 6.07) is 15.8. The number of carbonyl (C=O) groups excluding carboxylic acids is 1. The molecule has 0 spiro atoms. The van der Waals surface area contributed by atoms with Crippen LogP contribution < -0.4 is 15.0 Å². The molecular weight excluding hydrogens is 348 g/mol. The topological polar surface area (TPSA) is 41.6 Å². The second-order valence-corrected chi connectivity index (χ2v) is 7.78. The summed E-state index contributed by atoms with van der Waals surface area (Å²) < 4.78 is 5.69. The van der Waals surface area contributed by atoms with Crippen molar-refractivity contribution in [2.45, 2.75) is 39.7 Å². The Balaban J connectivity index is 1.55. The lowest BCUT2D eigenvalue weighted by atomic mass is 9.99. The molecule has 148 valence electrons. The van der Waals surface area contributed by atoms with E-state index in [1.165, 1.54) is 18.5 Å². The van der Waals surface area contributed by atoms with Crippen LogP contribution in [0, 0.1) is 5.92 Å². The van der Waals surface area contributed by atoms with E-state index < -0.39 is 0 Å². The van der Waals surface area contributed by atoms with Gasteiger partial charge in [-0.05, 0) is 80.6 Å². The summed E-state index contributed by atoms with van der Waals surface area (Å²) in [5, 5.41) is 2.92. The molecule has 1 N–H and O–H groups in total. The van der Waals surface area contributed by atoms with Crippen LogP contribution in [-0.4, -0.2) is 25.1 Å². The van der Waals surface area contributed by atoms with Crippen LogP contribution in [0.15, 0.2) is 54.6 Å². The van der Waals surface area contributed by atoms with Gasteiger partial charge in [0.2, 0.25) is 5.91 Å². The first-order valence-electron chi connectivity index (χ1n) is 10.1. The second kappa shape index (κ2) is 9.45. The van der Waals surface area contributed by atoms with E-state index >= 15 is 0 Å². The number of anilines is 2. The van der Waals surface area contributed by atoms with Crippen molar-refractivity contribution in [3.63, 3.8) is 0 Å². The average Bonchev–Trinajstić information content (AvgIpc) is 2.67. The number of hydrogen-bond acceptors (Lipinski definition) is 3. The minimum Gasteiger partial charge on any atom is -0.491 e. The summed E-state index contributed by atoms with van der Waals surface area (Å²) in [4.78, 5) is 14.6. The van der Waals surface area contributed by atoms with Crippen molar-refractivity contribution < 1.29 is 9.53 Å². The standard InChI is InChI=1S/C24H30N2O2/c1-18(2)28-23-6-4-5-20(17-23)7-12-24(27)25-21-8-10-22(11-9-21)26-15-13-19(3)14-16-26/h4-12,17-19H,13-16H2,1-3H3,(H,25,27)/b12-7+. The first-order chi connectivity index (χ1) is 13.5. The lowest BCUT2D eigenvalue weighted by Gasteiger charge is -2.32. The zero-order valence-electron chi connectivity index (χ0n) is 17.0. The third-order valence-electron chi connectivity index (χ3n) is 4.94. The van der Waals surface area contributed by atoms with E-state index in [0.717, 1.165) is 36.0 Å². The van der Waals surface area contributed by atoms with E-state index in [1.54, 1.807) is 12.2 Å². The van der Waals surface area contributed by atoms with Crippen LogP contribution in [0.1, 0.15) is 39.2 Å². The van der Waals surface area contributed by atoms with Crippen LogP contribution in [0.3, 0.4) is 0 Å². The van der Waals surface area contributed by atoms with Gasteiger partial charge in [-0.25, -0.2) is 0 Å². The molecule has 0 aliphatic carbocycles. The van der Waals surface area contributed by atoms with Gasteiger partial charge < -0.3 is 15.0 Å². The SMILES string of the molecule is CC1CCN(c2ccc(NC(=O)/C=C/c3cccc(OC(C)C)c3)cc2)CC1. The van der Waals surface area contributed by atoms with Crippen molar-refractivity contribution in [2.24, 2.45) is 5.92 Å². The molecular formula is C24H30N2O2. The fraction of sp³-hybridized carbons (Fsp3) is 0.375. The maximum absolute atomic E-state index is 12.2. The predicted molar refractivity (Wildman–Crippen MR) is 117 cm³/mol. The summed E-state index contributed by atoms with van der Waals surface area (Å²) in [5.74, 6) is 1.48. The van der Waals surface area contributed by atoms with E-state index in [-0.39, 0.29) is 12.0 Å². The monoisotopic (exact) mass is 378 g/mol. The van der Waals surface area contributed by atoms with Gasteiger partial charge in [0, 0.05) is 30.5 Å². The number of amides is 1. The summed E-state index contributed by atoms with van der Waals surface area (Å²) in [6.45, 7) is 8.52. The number of nitrogens with one attached hydrogen (secondary N) is 1. The van der Waals surface area contributed by atoms with E-state index in [1.807, 2.05) is 50.2 Å². The van der Waals surface area contributed by atoms with Crippen molar-refractivity contribution >= 4 is 23.4 Å². The lowest BCUT2D eigenvalue weighted by Crippen LogP contribution is -2.32. The molecule has 4 heteroatoms. The quantitative estimate of drug-likeness (QED) is 0.688. The predicted octanol–water partition coefficient (Wildman–Crippen LogP) is 5.36. The number of hydrogen-bond donors (Lipinski definition) is 1. The van der Waals surface area contributed by atoms with Crippen molar-refractivity contribution in [1.82, 2.24) is 0 Å². The molecule has 2 aromatic rings. The van der Waals surface area contributed by atoms with Gasteiger partial charge in [-0.2, -0.15) is 0 Å². The molecule has 3 rings (SSSR count). The fourth-order valence-corrected chi connectivity index (χ4v) is 3.34. The van der Waals surface area contributed by atoms with Gasteiger partial charge in [0.05, 0.1) is 6.10 Å². The molecule has 1 fully saturated rings. The van der Waals surface area contributed by atoms with Crippen LogP contribution in [0.5, 0.6) is 5.75 Å². The molecule has 28 heavy (non-hydrogen) atoms. The fourth-order valence-electron chi connectivity index (χ4n) is 3.34. The van der Waals surface area contributed by atoms with E-state index in [9.17, 15) is 4.79 Å². The Kier molecular flexibility index (Phi) is 6.75.